The summed E-state index contributed by atoms with van der Waals surface area (Å²) < 4.78 is 38.2. The molecule has 0 amide bonds. The number of rotatable bonds is 3. The van der Waals surface area contributed by atoms with Gasteiger partial charge in [-0.1, -0.05) is 0 Å². The Balaban J connectivity index is 2.98. The van der Waals surface area contributed by atoms with Gasteiger partial charge in [-0.3, -0.25) is 4.68 Å². The number of halogens is 4. The van der Waals surface area contributed by atoms with Crippen LogP contribution in [0, 0.1) is 0 Å². The van der Waals surface area contributed by atoms with E-state index in [1.807, 2.05) is 0 Å². The van der Waals surface area contributed by atoms with Crippen molar-refractivity contribution in [1.82, 2.24) is 9.78 Å². The van der Waals surface area contributed by atoms with Crippen LogP contribution in [0.25, 0.3) is 0 Å². The van der Waals surface area contributed by atoms with Crippen LogP contribution in [-0.4, -0.2) is 21.1 Å². The maximum Gasteiger partial charge on any atom is 0.391 e. The number of aliphatic hydroxyl groups excluding tert-OH is 1. The molecular weight excluding hydrogens is 289 g/mol. The van der Waals surface area contributed by atoms with Crippen molar-refractivity contribution in [2.45, 2.75) is 38.6 Å². The highest BCUT2D eigenvalue weighted by atomic mass is 79.9. The predicted octanol–water partition coefficient (Wildman–Crippen LogP) is 3.21. The monoisotopic (exact) mass is 300 g/mol. The zero-order chi connectivity index (χ0) is 12.5. The predicted molar refractivity (Wildman–Crippen MR) is 55.9 cm³/mol. The number of hydrogen-bond donors (Lipinski definition) is 1. The number of hydrogen-bond acceptors (Lipinski definition) is 2. The van der Waals surface area contributed by atoms with Crippen molar-refractivity contribution in [3.8, 4) is 0 Å². The van der Waals surface area contributed by atoms with E-state index in [9.17, 15) is 18.3 Å². The lowest BCUT2D eigenvalue weighted by Crippen LogP contribution is -2.18. The first kappa shape index (κ1) is 13.5. The fourth-order valence-electron chi connectivity index (χ4n) is 1.39. The van der Waals surface area contributed by atoms with Crippen molar-refractivity contribution in [3.63, 3.8) is 0 Å². The third-order valence-electron chi connectivity index (χ3n) is 2.02. The summed E-state index contributed by atoms with van der Waals surface area (Å²) in [4.78, 5) is 0. The van der Waals surface area contributed by atoms with Gasteiger partial charge in [0, 0.05) is 6.04 Å². The third-order valence-corrected chi connectivity index (χ3v) is 2.63. The highest BCUT2D eigenvalue weighted by Crippen LogP contribution is 2.33. The van der Waals surface area contributed by atoms with Crippen molar-refractivity contribution in [2.75, 3.05) is 0 Å². The maximum atomic E-state index is 12.2. The summed E-state index contributed by atoms with van der Waals surface area (Å²) >= 11 is 3.08. The average Bonchev–Trinajstić information content (AvgIpc) is 2.43. The second kappa shape index (κ2) is 4.75. The Kier molecular flexibility index (Phi) is 4.01. The quantitative estimate of drug-likeness (QED) is 0.931. The van der Waals surface area contributed by atoms with E-state index in [1.54, 1.807) is 13.8 Å². The van der Waals surface area contributed by atoms with Crippen LogP contribution in [0.4, 0.5) is 13.2 Å². The highest BCUT2D eigenvalue weighted by Gasteiger charge is 2.34. The molecule has 0 aliphatic carbocycles. The zero-order valence-corrected chi connectivity index (χ0v) is 10.4. The molecule has 7 heteroatoms. The molecule has 1 aromatic heterocycles. The van der Waals surface area contributed by atoms with E-state index in [0.717, 1.165) is 0 Å². The van der Waals surface area contributed by atoms with Gasteiger partial charge in [-0.05, 0) is 29.8 Å². The van der Waals surface area contributed by atoms with E-state index in [-0.39, 0.29) is 11.7 Å². The molecule has 16 heavy (non-hydrogen) atoms. The Morgan fingerprint density at radius 2 is 2.06 bits per heavy atom. The zero-order valence-electron chi connectivity index (χ0n) is 8.79. The van der Waals surface area contributed by atoms with Crippen LogP contribution in [0.3, 0.4) is 0 Å². The Morgan fingerprint density at radius 3 is 2.50 bits per heavy atom. The molecule has 0 aliphatic rings. The van der Waals surface area contributed by atoms with Crippen molar-refractivity contribution in [2.24, 2.45) is 0 Å². The first-order valence-electron chi connectivity index (χ1n) is 4.70. The van der Waals surface area contributed by atoms with Crippen molar-refractivity contribution in [1.29, 1.82) is 0 Å². The first-order valence-corrected chi connectivity index (χ1v) is 5.49. The average molecular weight is 301 g/mol. The lowest BCUT2D eigenvalue weighted by Gasteiger charge is -2.17. The van der Waals surface area contributed by atoms with Gasteiger partial charge in [0.2, 0.25) is 0 Å². The van der Waals surface area contributed by atoms with E-state index in [2.05, 4.69) is 21.0 Å². The maximum absolute atomic E-state index is 12.2. The van der Waals surface area contributed by atoms with E-state index in [0.29, 0.717) is 4.47 Å². The van der Waals surface area contributed by atoms with Gasteiger partial charge < -0.3 is 5.11 Å². The molecule has 0 saturated heterocycles. The van der Waals surface area contributed by atoms with E-state index >= 15 is 0 Å². The Bertz CT molecular complexity index is 362. The molecule has 0 aliphatic heterocycles. The minimum Gasteiger partial charge on any atom is -0.386 e. The van der Waals surface area contributed by atoms with Crippen LogP contribution in [0.15, 0.2) is 10.7 Å². The Labute approximate surface area is 99.4 Å². The highest BCUT2D eigenvalue weighted by molar-refractivity contribution is 9.10. The van der Waals surface area contributed by atoms with Gasteiger partial charge in [-0.2, -0.15) is 18.3 Å². The fraction of sp³-hybridized carbons (Fsp3) is 0.667. The number of nitrogens with zero attached hydrogens (tertiary/aromatic N) is 2. The topological polar surface area (TPSA) is 38.0 Å². The third kappa shape index (κ3) is 3.21. The largest absolute Gasteiger partial charge is 0.391 e. The molecule has 0 bridgehead atoms. The molecule has 1 heterocycles. The number of aromatic nitrogens is 2. The Morgan fingerprint density at radius 1 is 1.50 bits per heavy atom. The molecule has 92 valence electrons. The van der Waals surface area contributed by atoms with E-state index in [4.69, 9.17) is 0 Å². The second-order valence-electron chi connectivity index (χ2n) is 3.75. The summed E-state index contributed by atoms with van der Waals surface area (Å²) in [7, 11) is 0. The number of alkyl halides is 3. The van der Waals surface area contributed by atoms with Gasteiger partial charge in [-0.25, -0.2) is 0 Å². The molecule has 1 aromatic rings. The van der Waals surface area contributed by atoms with Crippen LogP contribution in [-0.2, 0) is 0 Å². The summed E-state index contributed by atoms with van der Waals surface area (Å²) in [5.41, 5.74) is 0.160. The second-order valence-corrected chi connectivity index (χ2v) is 4.61. The van der Waals surface area contributed by atoms with E-state index < -0.39 is 18.7 Å². The molecule has 0 saturated carbocycles. The minimum atomic E-state index is -4.40. The van der Waals surface area contributed by atoms with Crippen LogP contribution >= 0.6 is 15.9 Å². The molecule has 1 rings (SSSR count). The summed E-state index contributed by atoms with van der Waals surface area (Å²) in [5.74, 6) is 0. The van der Waals surface area contributed by atoms with Crippen LogP contribution in [0.5, 0.6) is 0 Å². The van der Waals surface area contributed by atoms with Gasteiger partial charge in [0.05, 0.1) is 22.8 Å². The van der Waals surface area contributed by atoms with Crippen LogP contribution in [0.1, 0.15) is 38.1 Å². The molecule has 1 unspecified atom stereocenters. The first-order chi connectivity index (χ1) is 7.22. The fourth-order valence-corrected chi connectivity index (χ4v) is 1.93. The normalized spacial score (nSPS) is 14.5. The molecule has 0 fully saturated rings. The van der Waals surface area contributed by atoms with Crippen molar-refractivity contribution < 1.29 is 18.3 Å². The smallest absolute Gasteiger partial charge is 0.386 e. The molecule has 0 radical (unpaired) electrons. The molecular formula is C9H12BrF3N2O. The summed E-state index contributed by atoms with van der Waals surface area (Å²) in [6.45, 7) is 3.56. The summed E-state index contributed by atoms with van der Waals surface area (Å²) in [6.07, 6.45) is -5.89. The Hall–Kier alpha value is -0.560. The van der Waals surface area contributed by atoms with Gasteiger partial charge in [0.15, 0.2) is 0 Å². The standard InChI is InChI=1S/C9H12BrF3N2O/c1-5(2)15-8(6(10)4-14-15)7(16)3-9(11,12)13/h4-5,7,16H,3H2,1-2H3. The molecule has 0 spiro atoms. The minimum absolute atomic E-state index is 0.107. The van der Waals surface area contributed by atoms with E-state index in [1.165, 1.54) is 10.9 Å². The molecule has 0 aromatic carbocycles. The molecule has 3 nitrogen and oxygen atoms in total. The summed E-state index contributed by atoms with van der Waals surface area (Å²) in [5, 5.41) is 13.5. The van der Waals surface area contributed by atoms with Crippen molar-refractivity contribution >= 4 is 15.9 Å². The van der Waals surface area contributed by atoms with Crippen molar-refractivity contribution in [3.05, 3.63) is 16.4 Å². The summed E-state index contributed by atoms with van der Waals surface area (Å²) in [6, 6.07) is -0.107. The lowest BCUT2D eigenvalue weighted by atomic mass is 10.1. The van der Waals surface area contributed by atoms with Gasteiger partial charge in [0.25, 0.3) is 0 Å². The lowest BCUT2D eigenvalue weighted by molar-refractivity contribution is -0.155. The van der Waals surface area contributed by atoms with Crippen LogP contribution in [0.2, 0.25) is 0 Å². The number of aliphatic hydroxyl groups is 1. The van der Waals surface area contributed by atoms with Gasteiger partial charge in [0.1, 0.15) is 6.10 Å². The SMILES string of the molecule is CC(C)n1ncc(Br)c1C(O)CC(F)(F)F. The molecule has 1 N–H and O–H groups in total. The molecule has 1 atom stereocenters. The van der Waals surface area contributed by atoms with Gasteiger partial charge in [-0.15, -0.1) is 0 Å². The van der Waals surface area contributed by atoms with Gasteiger partial charge >= 0.3 is 6.18 Å². The van der Waals surface area contributed by atoms with Crippen LogP contribution < -0.4 is 0 Å².